The number of aromatic nitrogens is 5. The number of nitrogens with zero attached hydrogens (tertiary/aromatic N) is 5. The molecular weight excluding hydrogens is 663 g/mol. The van der Waals surface area contributed by atoms with Crippen LogP contribution in [0.1, 0.15) is 39.5 Å². The molecule has 0 unspecified atom stereocenters. The highest BCUT2D eigenvalue weighted by Crippen LogP contribution is 2.44. The Balaban J connectivity index is 1.85. The number of fused-ring (bicyclic) bond motifs is 1. The van der Waals surface area contributed by atoms with Gasteiger partial charge in [-0.25, -0.2) is 19.6 Å². The van der Waals surface area contributed by atoms with Crippen LogP contribution in [-0.4, -0.2) is 91.6 Å². The summed E-state index contributed by atoms with van der Waals surface area (Å²) in [5.74, 6) is -1.58. The van der Waals surface area contributed by atoms with Gasteiger partial charge >= 0.3 is 23.9 Å². The average molecular weight is 693 g/mol. The van der Waals surface area contributed by atoms with Crippen molar-refractivity contribution in [3.63, 3.8) is 0 Å². The maximum atomic E-state index is 13.6. The topological polar surface area (TPSA) is 206 Å². The van der Waals surface area contributed by atoms with Crippen molar-refractivity contribution in [3.05, 3.63) is 40.7 Å². The highest BCUT2D eigenvalue weighted by molar-refractivity contribution is 6.29. The molecule has 1 saturated heterocycles. The van der Waals surface area contributed by atoms with Crippen LogP contribution in [0.5, 0.6) is 0 Å². The Morgan fingerprint density at radius 1 is 1.11 bits per heavy atom. The van der Waals surface area contributed by atoms with Crippen molar-refractivity contribution >= 4 is 64.1 Å². The molecule has 0 spiro atoms. The van der Waals surface area contributed by atoms with Gasteiger partial charge in [0.15, 0.2) is 17.7 Å². The van der Waals surface area contributed by atoms with E-state index in [1.54, 1.807) is 0 Å². The van der Waals surface area contributed by atoms with E-state index in [9.17, 15) is 19.2 Å². The molecule has 0 radical (unpaired) electrons. The van der Waals surface area contributed by atoms with Crippen molar-refractivity contribution in [1.82, 2.24) is 24.5 Å². The number of carbonyl (C=O) groups is 4. The molecule has 3 aromatic rings. The summed E-state index contributed by atoms with van der Waals surface area (Å²) < 4.78 is 35.5. The number of rotatable bonds is 12. The van der Waals surface area contributed by atoms with Gasteiger partial charge in [-0.05, 0) is 43.1 Å². The Hall–Kier alpha value is -4.56. The van der Waals surface area contributed by atoms with Gasteiger partial charge in [-0.3, -0.25) is 14.2 Å². The number of nitrogen functional groups attached to an aromatic ring is 1. The lowest BCUT2D eigenvalue weighted by Crippen LogP contribution is -2.57. The molecular formula is C29H30Cl2N6O10. The molecule has 1 aliphatic heterocycles. The quantitative estimate of drug-likeness (QED) is 0.0719. The molecule has 4 heterocycles. The van der Waals surface area contributed by atoms with E-state index in [-0.39, 0.29) is 40.6 Å². The molecule has 16 nitrogen and oxygen atoms in total. The molecule has 4 rings (SSSR count). The lowest BCUT2D eigenvalue weighted by molar-refractivity contribution is -0.200. The minimum atomic E-state index is -2.44. The number of terminal acetylenes is 1. The lowest BCUT2D eigenvalue weighted by Gasteiger charge is -2.34. The van der Waals surface area contributed by atoms with E-state index >= 15 is 0 Å². The van der Waals surface area contributed by atoms with Gasteiger partial charge in [0, 0.05) is 26.5 Å². The van der Waals surface area contributed by atoms with Crippen molar-refractivity contribution in [1.29, 1.82) is 0 Å². The number of imidazole rings is 1. The van der Waals surface area contributed by atoms with Crippen molar-refractivity contribution in [2.45, 2.75) is 63.8 Å². The first-order valence-corrected chi connectivity index (χ1v) is 14.8. The number of pyridine rings is 1. The highest BCUT2D eigenvalue weighted by atomic mass is 35.5. The van der Waals surface area contributed by atoms with Gasteiger partial charge in [-0.1, -0.05) is 17.5 Å². The second-order valence-corrected chi connectivity index (χ2v) is 10.7. The molecule has 0 aliphatic carbocycles. The third-order valence-corrected chi connectivity index (χ3v) is 7.30. The Morgan fingerprint density at radius 3 is 2.36 bits per heavy atom. The third kappa shape index (κ3) is 7.08. The normalized spacial score (nSPS) is 20.7. The van der Waals surface area contributed by atoms with Crippen LogP contribution in [0, 0.1) is 12.3 Å². The van der Waals surface area contributed by atoms with Gasteiger partial charge in [0.25, 0.3) is 5.60 Å². The Labute approximate surface area is 278 Å². The summed E-state index contributed by atoms with van der Waals surface area (Å²) in [6, 6.07) is 2.93. The maximum Gasteiger partial charge on any atom is 0.350 e. The van der Waals surface area contributed by atoms with Crippen LogP contribution in [0.15, 0.2) is 24.7 Å². The van der Waals surface area contributed by atoms with Crippen LogP contribution in [0.2, 0.25) is 10.4 Å². The van der Waals surface area contributed by atoms with Crippen molar-refractivity contribution in [2.24, 2.45) is 0 Å². The molecule has 18 heteroatoms. The molecule has 0 bridgehead atoms. The number of anilines is 1. The molecule has 3 aromatic heterocycles. The van der Waals surface area contributed by atoms with Gasteiger partial charge in [0.2, 0.25) is 17.0 Å². The fraction of sp³-hybridized carbons (Fsp3) is 0.448. The number of hydrogen-bond acceptors (Lipinski definition) is 15. The second kappa shape index (κ2) is 14.5. The smallest absolute Gasteiger partial charge is 0.350 e. The molecule has 0 saturated carbocycles. The average Bonchev–Trinajstić information content (AvgIpc) is 3.54. The van der Waals surface area contributed by atoms with Crippen LogP contribution >= 0.6 is 23.2 Å². The highest BCUT2D eigenvalue weighted by Gasteiger charge is 2.63. The van der Waals surface area contributed by atoms with E-state index in [2.05, 4.69) is 25.9 Å². The standard InChI is InChI=1S/C29H30Cl2N6O10/c1-6-28(47-16(5)39)18(46-24(21(28)45-15(4)38)37-14-34-20-22(32)35-27(31)36-23(20)37)13-44-29(25(40)42-7-2,26(41)43-8-3)12-17-9-10-33-19(30)11-17/h1,9-11,14,18,21,24H,7-8,12-13H2,2-5H3,(H2,32,35,36)/t18-,21+,24-,28-/m1/s1. The molecule has 1 fully saturated rings. The summed E-state index contributed by atoms with van der Waals surface area (Å²) >= 11 is 12.1. The molecule has 1 aliphatic rings. The number of esters is 4. The van der Waals surface area contributed by atoms with Crippen molar-refractivity contribution < 1.29 is 47.6 Å². The van der Waals surface area contributed by atoms with E-state index < -0.39 is 66.5 Å². The van der Waals surface area contributed by atoms with E-state index in [1.807, 2.05) is 0 Å². The predicted octanol–water partition coefficient (Wildman–Crippen LogP) is 2.00. The summed E-state index contributed by atoms with van der Waals surface area (Å²) in [5, 5.41) is -0.152. The molecule has 2 N–H and O–H groups in total. The van der Waals surface area contributed by atoms with Crippen LogP contribution < -0.4 is 5.73 Å². The summed E-state index contributed by atoms with van der Waals surface area (Å²) in [7, 11) is 0. The Morgan fingerprint density at radius 2 is 1.79 bits per heavy atom. The zero-order valence-electron chi connectivity index (χ0n) is 25.6. The maximum absolute atomic E-state index is 13.6. The monoisotopic (exact) mass is 692 g/mol. The SMILES string of the molecule is C#C[C@@]1(OC(C)=O)[C@@H](COC(Cc2ccnc(Cl)c2)(C(=O)OCC)C(=O)OCC)O[C@@H](n2cnc3c(N)nc(Cl)nc32)[C@@H]1OC(C)=O. The summed E-state index contributed by atoms with van der Waals surface area (Å²) in [6.07, 6.45) is 3.73. The molecule has 250 valence electrons. The zero-order valence-corrected chi connectivity index (χ0v) is 27.1. The van der Waals surface area contributed by atoms with Gasteiger partial charge in [0.1, 0.15) is 16.8 Å². The van der Waals surface area contributed by atoms with Crippen LogP contribution in [0.25, 0.3) is 11.2 Å². The lowest BCUT2D eigenvalue weighted by atomic mass is 9.91. The van der Waals surface area contributed by atoms with Crippen LogP contribution in [0.4, 0.5) is 5.82 Å². The van der Waals surface area contributed by atoms with Gasteiger partial charge in [-0.2, -0.15) is 9.97 Å². The van der Waals surface area contributed by atoms with E-state index in [1.165, 1.54) is 43.1 Å². The molecule has 0 amide bonds. The van der Waals surface area contributed by atoms with Gasteiger partial charge in [0.05, 0.1) is 26.1 Å². The third-order valence-electron chi connectivity index (χ3n) is 6.93. The first-order chi connectivity index (χ1) is 22.3. The summed E-state index contributed by atoms with van der Waals surface area (Å²) in [4.78, 5) is 68.2. The van der Waals surface area contributed by atoms with E-state index in [0.717, 1.165) is 13.8 Å². The largest absolute Gasteiger partial charge is 0.463 e. The number of hydrogen-bond donors (Lipinski definition) is 1. The first kappa shape index (κ1) is 35.3. The first-order valence-electron chi connectivity index (χ1n) is 14.1. The predicted molar refractivity (Wildman–Crippen MR) is 162 cm³/mol. The molecule has 47 heavy (non-hydrogen) atoms. The number of ether oxygens (including phenoxy) is 6. The van der Waals surface area contributed by atoms with Crippen LogP contribution in [0.3, 0.4) is 0 Å². The fourth-order valence-corrected chi connectivity index (χ4v) is 5.42. The van der Waals surface area contributed by atoms with Crippen molar-refractivity contribution in [2.75, 3.05) is 25.6 Å². The van der Waals surface area contributed by atoms with Crippen molar-refractivity contribution in [3.8, 4) is 12.3 Å². The summed E-state index contributed by atoms with van der Waals surface area (Å²) in [6.45, 7) is 4.28. The number of nitrogens with two attached hydrogens (primary N) is 1. The van der Waals surface area contributed by atoms with Gasteiger partial charge < -0.3 is 34.2 Å². The minimum Gasteiger partial charge on any atom is -0.463 e. The molecule has 0 aromatic carbocycles. The van der Waals surface area contributed by atoms with Gasteiger partial charge in [-0.15, -0.1) is 6.42 Å². The van der Waals surface area contributed by atoms with Crippen LogP contribution in [-0.2, 0) is 54.0 Å². The number of carbonyl (C=O) groups excluding carboxylic acids is 4. The fourth-order valence-electron chi connectivity index (χ4n) is 5.05. The minimum absolute atomic E-state index is 0.0573. The summed E-state index contributed by atoms with van der Waals surface area (Å²) in [5.41, 5.74) is 1.87. The Bertz CT molecular complexity index is 1710. The van der Waals surface area contributed by atoms with E-state index in [4.69, 9.17) is 63.8 Å². The number of halogens is 2. The Kier molecular flexibility index (Phi) is 10.9. The van der Waals surface area contributed by atoms with E-state index in [0.29, 0.717) is 5.56 Å². The zero-order chi connectivity index (χ0) is 34.5. The second-order valence-electron chi connectivity index (χ2n) is 10.0. The molecule has 4 atom stereocenters.